The Morgan fingerprint density at radius 2 is 2.20 bits per heavy atom. The van der Waals surface area contributed by atoms with E-state index in [0.717, 1.165) is 26.1 Å². The van der Waals surface area contributed by atoms with Crippen LogP contribution in [-0.2, 0) is 19.0 Å². The third-order valence-corrected chi connectivity index (χ3v) is 2.84. The number of methoxy groups -OCH3 is 1. The van der Waals surface area contributed by atoms with Gasteiger partial charge in [0.1, 0.15) is 6.61 Å². The molecule has 1 rings (SSSR count). The van der Waals surface area contributed by atoms with E-state index in [1.165, 1.54) is 0 Å². The van der Waals surface area contributed by atoms with E-state index >= 15 is 0 Å². The maximum absolute atomic E-state index is 11.3. The number of hydrogen-bond donors (Lipinski definition) is 0. The normalized spacial score (nSPS) is 18.3. The molecule has 0 radical (unpaired) electrons. The van der Waals surface area contributed by atoms with E-state index in [1.807, 2.05) is 0 Å². The van der Waals surface area contributed by atoms with Gasteiger partial charge in [0, 0.05) is 20.1 Å². The summed E-state index contributed by atoms with van der Waals surface area (Å²) < 4.78 is 15.2. The van der Waals surface area contributed by atoms with Crippen molar-refractivity contribution in [1.29, 1.82) is 0 Å². The van der Waals surface area contributed by atoms with Gasteiger partial charge in [-0.2, -0.15) is 0 Å². The van der Waals surface area contributed by atoms with E-state index in [0.29, 0.717) is 19.6 Å². The van der Waals surface area contributed by atoms with Crippen molar-refractivity contribution >= 4 is 5.97 Å². The van der Waals surface area contributed by atoms with Crippen LogP contribution in [0.5, 0.6) is 0 Å². The second-order valence-electron chi connectivity index (χ2n) is 4.10. The lowest BCUT2D eigenvalue weighted by Crippen LogP contribution is -2.46. The average molecular weight is 216 g/mol. The van der Waals surface area contributed by atoms with E-state index in [1.54, 1.807) is 7.11 Å². The van der Waals surface area contributed by atoms with Gasteiger partial charge in [0.05, 0.1) is 18.6 Å². The minimum Gasteiger partial charge on any atom is -0.465 e. The van der Waals surface area contributed by atoms with Crippen molar-refractivity contribution in [3.63, 3.8) is 0 Å². The Labute approximate surface area is 90.9 Å². The molecule has 0 N–H and O–H groups in total. The summed E-state index contributed by atoms with van der Waals surface area (Å²) in [6.45, 7) is 4.64. The monoisotopic (exact) mass is 216 g/mol. The molecular weight excluding hydrogens is 196 g/mol. The lowest BCUT2D eigenvalue weighted by Gasteiger charge is -2.39. The van der Waals surface area contributed by atoms with Crippen LogP contribution < -0.4 is 0 Å². The Kier molecular flexibility index (Phi) is 5.05. The highest BCUT2D eigenvalue weighted by molar-refractivity contribution is 5.69. The summed E-state index contributed by atoms with van der Waals surface area (Å²) in [7, 11) is 1.63. The maximum atomic E-state index is 11.3. The Morgan fingerprint density at radius 3 is 2.67 bits per heavy atom. The van der Waals surface area contributed by atoms with Gasteiger partial charge in [0.25, 0.3) is 0 Å². The molecule has 0 bridgehead atoms. The van der Waals surface area contributed by atoms with Crippen molar-refractivity contribution < 1.29 is 19.0 Å². The molecule has 0 atom stereocenters. The van der Waals surface area contributed by atoms with E-state index in [-0.39, 0.29) is 11.4 Å². The van der Waals surface area contributed by atoms with Crippen LogP contribution in [0.4, 0.5) is 0 Å². The minimum atomic E-state index is -0.133. The topological polar surface area (TPSA) is 44.8 Å². The molecule has 0 aromatic carbocycles. The third kappa shape index (κ3) is 3.80. The van der Waals surface area contributed by atoms with E-state index in [4.69, 9.17) is 14.2 Å². The highest BCUT2D eigenvalue weighted by atomic mass is 16.5. The summed E-state index contributed by atoms with van der Waals surface area (Å²) in [4.78, 5) is 11.3. The molecule has 1 saturated heterocycles. The summed E-state index contributed by atoms with van der Waals surface area (Å²) in [5.41, 5.74) is 0.0942. The molecule has 4 heteroatoms. The fourth-order valence-electron chi connectivity index (χ4n) is 1.45. The molecule has 1 aliphatic heterocycles. The molecule has 15 heavy (non-hydrogen) atoms. The van der Waals surface area contributed by atoms with Crippen LogP contribution in [-0.4, -0.2) is 39.5 Å². The fourth-order valence-corrected chi connectivity index (χ4v) is 1.45. The van der Waals surface area contributed by atoms with Crippen LogP contribution in [0.15, 0.2) is 0 Å². The molecule has 0 amide bonds. The Bertz CT molecular complexity index is 193. The van der Waals surface area contributed by atoms with Gasteiger partial charge in [-0.05, 0) is 12.8 Å². The summed E-state index contributed by atoms with van der Waals surface area (Å²) in [6.07, 6.45) is 2.16. The molecular formula is C11H20O4. The van der Waals surface area contributed by atoms with Crippen molar-refractivity contribution in [2.24, 2.45) is 5.41 Å². The number of carbonyl (C=O) groups is 1. The molecule has 1 heterocycles. The molecule has 88 valence electrons. The van der Waals surface area contributed by atoms with Gasteiger partial charge in [-0.3, -0.25) is 4.79 Å². The molecule has 0 spiro atoms. The molecule has 1 fully saturated rings. The van der Waals surface area contributed by atoms with Crippen LogP contribution in [0.2, 0.25) is 0 Å². The van der Waals surface area contributed by atoms with E-state index < -0.39 is 0 Å². The van der Waals surface area contributed by atoms with Crippen molar-refractivity contribution in [1.82, 2.24) is 0 Å². The summed E-state index contributed by atoms with van der Waals surface area (Å²) in [6, 6.07) is 0. The number of rotatable bonds is 7. The zero-order chi connectivity index (χ0) is 11.1. The lowest BCUT2D eigenvalue weighted by molar-refractivity contribution is -0.170. The zero-order valence-electron chi connectivity index (χ0n) is 9.58. The second-order valence-corrected chi connectivity index (χ2v) is 4.10. The van der Waals surface area contributed by atoms with Crippen LogP contribution in [0, 0.1) is 5.41 Å². The predicted octanol–water partition coefficient (Wildman–Crippen LogP) is 1.38. The smallest absolute Gasteiger partial charge is 0.305 e. The summed E-state index contributed by atoms with van der Waals surface area (Å²) >= 11 is 0. The Morgan fingerprint density at radius 1 is 1.47 bits per heavy atom. The molecule has 0 unspecified atom stereocenters. The first kappa shape index (κ1) is 12.5. The summed E-state index contributed by atoms with van der Waals surface area (Å²) in [5, 5.41) is 0. The van der Waals surface area contributed by atoms with Gasteiger partial charge in [0.2, 0.25) is 0 Å². The predicted molar refractivity (Wildman–Crippen MR) is 55.6 cm³/mol. The van der Waals surface area contributed by atoms with Gasteiger partial charge in [0.15, 0.2) is 0 Å². The lowest BCUT2D eigenvalue weighted by atomic mass is 9.84. The first-order valence-electron chi connectivity index (χ1n) is 5.45. The highest BCUT2D eigenvalue weighted by Gasteiger charge is 2.38. The zero-order valence-corrected chi connectivity index (χ0v) is 9.58. The van der Waals surface area contributed by atoms with Crippen LogP contribution in [0.1, 0.15) is 26.2 Å². The molecule has 0 aromatic heterocycles. The van der Waals surface area contributed by atoms with Crippen molar-refractivity contribution in [3.05, 3.63) is 0 Å². The van der Waals surface area contributed by atoms with Gasteiger partial charge in [-0.25, -0.2) is 0 Å². The molecule has 1 aliphatic rings. The molecule has 0 saturated carbocycles. The van der Waals surface area contributed by atoms with Gasteiger partial charge < -0.3 is 14.2 Å². The van der Waals surface area contributed by atoms with Crippen LogP contribution in [0.25, 0.3) is 0 Å². The SMILES string of the molecule is CCC1(COC(=O)CCCOC)COC1. The van der Waals surface area contributed by atoms with Crippen molar-refractivity contribution in [3.8, 4) is 0 Å². The van der Waals surface area contributed by atoms with E-state index in [9.17, 15) is 4.79 Å². The van der Waals surface area contributed by atoms with Crippen LogP contribution >= 0.6 is 0 Å². The highest BCUT2D eigenvalue weighted by Crippen LogP contribution is 2.31. The molecule has 4 nitrogen and oxygen atoms in total. The average Bonchev–Trinajstić information content (AvgIpc) is 2.17. The fraction of sp³-hybridized carbons (Fsp3) is 0.909. The van der Waals surface area contributed by atoms with Crippen LogP contribution in [0.3, 0.4) is 0 Å². The van der Waals surface area contributed by atoms with E-state index in [2.05, 4.69) is 6.92 Å². The quantitative estimate of drug-likeness (QED) is 0.476. The standard InChI is InChI=1S/C11H20O4/c1-3-11(7-14-8-11)9-15-10(12)5-4-6-13-2/h3-9H2,1-2H3. The van der Waals surface area contributed by atoms with Crippen molar-refractivity contribution in [2.75, 3.05) is 33.5 Å². The van der Waals surface area contributed by atoms with Gasteiger partial charge in [-0.1, -0.05) is 6.92 Å². The minimum absolute atomic E-state index is 0.0942. The first-order chi connectivity index (χ1) is 7.22. The number of carbonyl (C=O) groups excluding carboxylic acids is 1. The van der Waals surface area contributed by atoms with Gasteiger partial charge >= 0.3 is 5.97 Å². The number of ether oxygens (including phenoxy) is 3. The number of hydrogen-bond acceptors (Lipinski definition) is 4. The maximum Gasteiger partial charge on any atom is 0.305 e. The van der Waals surface area contributed by atoms with Gasteiger partial charge in [-0.15, -0.1) is 0 Å². The molecule has 0 aliphatic carbocycles. The summed E-state index contributed by atoms with van der Waals surface area (Å²) in [5.74, 6) is -0.133. The largest absolute Gasteiger partial charge is 0.465 e. The Balaban J connectivity index is 2.10. The molecule has 0 aromatic rings. The second kappa shape index (κ2) is 6.08. The third-order valence-electron chi connectivity index (χ3n) is 2.84. The Hall–Kier alpha value is -0.610. The number of esters is 1. The van der Waals surface area contributed by atoms with Crippen molar-refractivity contribution in [2.45, 2.75) is 26.2 Å². The first-order valence-corrected chi connectivity index (χ1v) is 5.45.